The van der Waals surface area contributed by atoms with Crippen LogP contribution in [0.2, 0.25) is 0 Å². The lowest BCUT2D eigenvalue weighted by Gasteiger charge is -2.30. The number of para-hydroxylation sites is 1. The minimum absolute atomic E-state index is 0.00140. The zero-order valence-electron chi connectivity index (χ0n) is 22.1. The number of aromatic nitrogens is 2. The maximum Gasteiger partial charge on any atom is 0.242 e. The second-order valence-corrected chi connectivity index (χ2v) is 12.5. The van der Waals surface area contributed by atoms with Crippen LogP contribution >= 0.6 is 11.8 Å². The van der Waals surface area contributed by atoms with Crippen molar-refractivity contribution in [3.63, 3.8) is 0 Å². The molecule has 1 fully saturated rings. The molecule has 0 aliphatic carbocycles. The number of carbonyl (C=O) groups excluding carboxylic acids is 2. The van der Waals surface area contributed by atoms with Crippen molar-refractivity contribution in [3.05, 3.63) is 41.1 Å². The zero-order chi connectivity index (χ0) is 25.5. The van der Waals surface area contributed by atoms with E-state index in [1.807, 2.05) is 27.8 Å². The topological polar surface area (TPSA) is 67.7 Å². The fourth-order valence-corrected chi connectivity index (χ4v) is 6.09. The number of rotatable bonds is 4. The van der Waals surface area contributed by atoms with Crippen molar-refractivity contribution in [2.75, 3.05) is 37.4 Å². The summed E-state index contributed by atoms with van der Waals surface area (Å²) in [5.74, 6) is 1.74. The van der Waals surface area contributed by atoms with Crippen molar-refractivity contribution in [1.29, 1.82) is 0 Å². The van der Waals surface area contributed by atoms with Crippen molar-refractivity contribution in [3.8, 4) is 5.75 Å². The molecular weight excluding hydrogens is 460 g/mol. The summed E-state index contributed by atoms with van der Waals surface area (Å²) in [5.41, 5.74) is 2.31. The number of likely N-dealkylation sites (tertiary alicyclic amines) is 1. The number of hydrogen-bond donors (Lipinski definition) is 0. The Balaban J connectivity index is 1.96. The van der Waals surface area contributed by atoms with Crippen LogP contribution in [0.15, 0.2) is 24.3 Å². The predicted molar refractivity (Wildman–Crippen MR) is 141 cm³/mol. The molecule has 7 nitrogen and oxygen atoms in total. The Kier molecular flexibility index (Phi) is 6.97. The first-order valence-corrected chi connectivity index (χ1v) is 13.4. The van der Waals surface area contributed by atoms with Crippen molar-refractivity contribution < 1.29 is 14.3 Å². The molecule has 0 spiro atoms. The molecular formula is C27H38N4O3S. The first-order chi connectivity index (χ1) is 16.4. The summed E-state index contributed by atoms with van der Waals surface area (Å²) in [6.45, 7) is 14.3. The Bertz CT molecular complexity index is 1110. The average Bonchev–Trinajstić information content (AvgIpc) is 3.43. The molecule has 0 N–H and O–H groups in total. The summed E-state index contributed by atoms with van der Waals surface area (Å²) in [4.78, 5) is 30.5. The molecule has 35 heavy (non-hydrogen) atoms. The van der Waals surface area contributed by atoms with E-state index in [0.717, 1.165) is 54.3 Å². The smallest absolute Gasteiger partial charge is 0.242 e. The standard InChI is InChI=1S/C27H38N4O3S/c1-26(2,3)24-22-23(18-12-8-9-13-19(18)34-7)35-17-21(33)30(16-20(32)29-14-10-11-15-29)25(22)31(28-24)27(4,5)6/h8-9,12-13,23H,10-11,14-17H2,1-7H3. The van der Waals surface area contributed by atoms with Gasteiger partial charge in [0, 0.05) is 29.6 Å². The molecule has 8 heteroatoms. The third kappa shape index (κ3) is 4.95. The predicted octanol–water partition coefficient (Wildman–Crippen LogP) is 4.74. The van der Waals surface area contributed by atoms with Gasteiger partial charge in [-0.1, -0.05) is 39.0 Å². The molecule has 2 aliphatic rings. The fraction of sp³-hybridized carbons (Fsp3) is 0.593. The van der Waals surface area contributed by atoms with E-state index >= 15 is 0 Å². The van der Waals surface area contributed by atoms with Gasteiger partial charge in [-0.3, -0.25) is 14.5 Å². The monoisotopic (exact) mass is 498 g/mol. The van der Waals surface area contributed by atoms with E-state index in [1.165, 1.54) is 0 Å². The lowest BCUT2D eigenvalue weighted by Crippen LogP contribution is -2.44. The molecule has 2 aromatic rings. The third-order valence-electron chi connectivity index (χ3n) is 6.61. The van der Waals surface area contributed by atoms with Crippen molar-refractivity contribution >= 4 is 29.4 Å². The molecule has 1 unspecified atom stereocenters. The number of anilines is 1. The minimum Gasteiger partial charge on any atom is -0.496 e. The van der Waals surface area contributed by atoms with Crippen molar-refractivity contribution in [2.24, 2.45) is 0 Å². The quantitative estimate of drug-likeness (QED) is 0.609. The van der Waals surface area contributed by atoms with Crippen LogP contribution in [0.1, 0.15) is 76.5 Å². The summed E-state index contributed by atoms with van der Waals surface area (Å²) in [5, 5.41) is 4.99. The van der Waals surface area contributed by atoms with Gasteiger partial charge in [-0.2, -0.15) is 5.10 Å². The molecule has 1 aromatic heterocycles. The van der Waals surface area contributed by atoms with Gasteiger partial charge < -0.3 is 9.64 Å². The molecule has 0 bridgehead atoms. The van der Waals surface area contributed by atoms with Crippen LogP contribution in [0.25, 0.3) is 0 Å². The van der Waals surface area contributed by atoms with Crippen LogP contribution in [0.4, 0.5) is 5.82 Å². The highest BCUT2D eigenvalue weighted by Crippen LogP contribution is 2.50. The number of hydrogen-bond acceptors (Lipinski definition) is 5. The van der Waals surface area contributed by atoms with Gasteiger partial charge in [-0.25, -0.2) is 4.68 Å². The van der Waals surface area contributed by atoms with Gasteiger partial charge in [0.15, 0.2) is 0 Å². The Morgan fingerprint density at radius 2 is 1.77 bits per heavy atom. The molecule has 2 amide bonds. The van der Waals surface area contributed by atoms with Gasteiger partial charge in [0.1, 0.15) is 18.1 Å². The Morgan fingerprint density at radius 3 is 2.37 bits per heavy atom. The number of nitrogens with zero attached hydrogens (tertiary/aromatic N) is 4. The molecule has 0 radical (unpaired) electrons. The highest BCUT2D eigenvalue weighted by Gasteiger charge is 2.42. The summed E-state index contributed by atoms with van der Waals surface area (Å²) in [7, 11) is 1.68. The van der Waals surface area contributed by atoms with Gasteiger partial charge in [0.05, 0.1) is 29.3 Å². The molecule has 190 valence electrons. The zero-order valence-corrected chi connectivity index (χ0v) is 22.9. The first-order valence-electron chi connectivity index (χ1n) is 12.4. The largest absolute Gasteiger partial charge is 0.496 e. The van der Waals surface area contributed by atoms with Crippen molar-refractivity contribution in [1.82, 2.24) is 14.7 Å². The molecule has 3 heterocycles. The van der Waals surface area contributed by atoms with Gasteiger partial charge >= 0.3 is 0 Å². The Hall–Kier alpha value is -2.48. The number of ether oxygens (including phenoxy) is 1. The summed E-state index contributed by atoms with van der Waals surface area (Å²) >= 11 is 1.59. The van der Waals surface area contributed by atoms with E-state index in [9.17, 15) is 9.59 Å². The van der Waals surface area contributed by atoms with E-state index in [2.05, 4.69) is 47.6 Å². The number of benzene rings is 1. The van der Waals surface area contributed by atoms with Crippen LogP contribution in [-0.2, 0) is 20.5 Å². The van der Waals surface area contributed by atoms with Crippen LogP contribution in [0.5, 0.6) is 5.75 Å². The molecule has 1 saturated heterocycles. The lowest BCUT2D eigenvalue weighted by molar-refractivity contribution is -0.130. The van der Waals surface area contributed by atoms with Crippen LogP contribution < -0.4 is 9.64 Å². The van der Waals surface area contributed by atoms with Crippen molar-refractivity contribution in [2.45, 2.75) is 70.6 Å². The first kappa shape index (κ1) is 25.6. The second-order valence-electron chi connectivity index (χ2n) is 11.4. The van der Waals surface area contributed by atoms with Gasteiger partial charge in [-0.05, 0) is 39.7 Å². The molecule has 0 saturated carbocycles. The second kappa shape index (κ2) is 9.52. The van der Waals surface area contributed by atoms with Gasteiger partial charge in [0.25, 0.3) is 0 Å². The molecule has 2 aliphatic heterocycles. The number of amides is 2. The van der Waals surface area contributed by atoms with Gasteiger partial charge in [-0.15, -0.1) is 11.8 Å². The molecule has 1 aromatic carbocycles. The van der Waals surface area contributed by atoms with Crippen LogP contribution in [0, 0.1) is 0 Å². The maximum atomic E-state index is 13.7. The highest BCUT2D eigenvalue weighted by molar-refractivity contribution is 8.00. The number of fused-ring (bicyclic) bond motifs is 1. The SMILES string of the molecule is COc1ccccc1C1SCC(=O)N(CC(=O)N2CCCC2)c2c1c(C(C)(C)C)nn2C(C)(C)C. The highest BCUT2D eigenvalue weighted by atomic mass is 32.2. The minimum atomic E-state index is -0.386. The summed E-state index contributed by atoms with van der Waals surface area (Å²) in [6, 6.07) is 7.99. The normalized spacial score (nSPS) is 19.1. The Labute approximate surface area is 213 Å². The average molecular weight is 499 g/mol. The maximum absolute atomic E-state index is 13.7. The Morgan fingerprint density at radius 1 is 1.11 bits per heavy atom. The number of carbonyl (C=O) groups is 2. The summed E-state index contributed by atoms with van der Waals surface area (Å²) in [6.07, 6.45) is 2.04. The number of thioether (sulfide) groups is 1. The number of methoxy groups -OCH3 is 1. The van der Waals surface area contributed by atoms with E-state index in [1.54, 1.807) is 23.8 Å². The van der Waals surface area contributed by atoms with E-state index < -0.39 is 0 Å². The van der Waals surface area contributed by atoms with Crippen LogP contribution in [-0.4, -0.2) is 59.0 Å². The third-order valence-corrected chi connectivity index (χ3v) is 7.84. The summed E-state index contributed by atoms with van der Waals surface area (Å²) < 4.78 is 7.70. The van der Waals surface area contributed by atoms with E-state index in [0.29, 0.717) is 0 Å². The molecule has 4 rings (SSSR count). The molecule has 1 atom stereocenters. The fourth-order valence-electron chi connectivity index (χ4n) is 4.87. The van der Waals surface area contributed by atoms with E-state index in [4.69, 9.17) is 9.84 Å². The van der Waals surface area contributed by atoms with E-state index in [-0.39, 0.29) is 40.3 Å². The van der Waals surface area contributed by atoms with Gasteiger partial charge in [0.2, 0.25) is 11.8 Å². The van der Waals surface area contributed by atoms with Crippen LogP contribution in [0.3, 0.4) is 0 Å². The lowest BCUT2D eigenvalue weighted by atomic mass is 9.87.